The Bertz CT molecular complexity index is 625. The Labute approximate surface area is 104 Å². The summed E-state index contributed by atoms with van der Waals surface area (Å²) in [7, 11) is 0. The molecule has 1 aliphatic rings. The standard InChI is InChI=1S/C14H10N2O2/c17-14-15-12(9-11-7-4-8-18-11)13(16-14)10-5-2-1-3-6-10/h1-8H,9H2. The second-order valence-electron chi connectivity index (χ2n) is 3.92. The normalized spacial score (nSPS) is 14.6. The average Bonchev–Trinajstić information content (AvgIpc) is 3.01. The monoisotopic (exact) mass is 238 g/mol. The van der Waals surface area contributed by atoms with Gasteiger partial charge in [0.1, 0.15) is 5.76 Å². The lowest BCUT2D eigenvalue weighted by Gasteiger charge is -2.02. The Kier molecular flexibility index (Phi) is 2.61. The number of amides is 2. The van der Waals surface area contributed by atoms with Gasteiger partial charge in [0.25, 0.3) is 0 Å². The molecule has 0 bridgehead atoms. The summed E-state index contributed by atoms with van der Waals surface area (Å²) in [6.45, 7) is 0. The molecular weight excluding hydrogens is 228 g/mol. The van der Waals surface area contributed by atoms with Crippen LogP contribution in [0.3, 0.4) is 0 Å². The van der Waals surface area contributed by atoms with Crippen LogP contribution in [0.5, 0.6) is 0 Å². The Morgan fingerprint density at radius 2 is 1.83 bits per heavy atom. The second-order valence-corrected chi connectivity index (χ2v) is 3.92. The molecule has 0 unspecified atom stereocenters. The molecule has 1 aliphatic heterocycles. The summed E-state index contributed by atoms with van der Waals surface area (Å²) in [4.78, 5) is 19.2. The molecule has 0 saturated heterocycles. The van der Waals surface area contributed by atoms with E-state index in [-0.39, 0.29) is 0 Å². The molecule has 0 saturated carbocycles. The molecule has 0 atom stereocenters. The summed E-state index contributed by atoms with van der Waals surface area (Å²) in [5.74, 6) is 0.770. The van der Waals surface area contributed by atoms with Crippen LogP contribution in [0.15, 0.2) is 63.1 Å². The summed E-state index contributed by atoms with van der Waals surface area (Å²) >= 11 is 0. The van der Waals surface area contributed by atoms with E-state index in [1.807, 2.05) is 42.5 Å². The SMILES string of the molecule is O=C1N=C(Cc2ccco2)C(c2ccccc2)=N1. The smallest absolute Gasteiger partial charge is 0.367 e. The first-order chi connectivity index (χ1) is 8.83. The Morgan fingerprint density at radius 3 is 2.56 bits per heavy atom. The van der Waals surface area contributed by atoms with Crippen LogP contribution in [-0.4, -0.2) is 17.5 Å². The molecule has 0 aliphatic carbocycles. The number of furan rings is 1. The van der Waals surface area contributed by atoms with E-state index in [0.717, 1.165) is 11.3 Å². The van der Waals surface area contributed by atoms with E-state index in [4.69, 9.17) is 4.42 Å². The zero-order valence-electron chi connectivity index (χ0n) is 9.54. The third-order valence-electron chi connectivity index (χ3n) is 2.68. The van der Waals surface area contributed by atoms with E-state index in [1.165, 1.54) is 0 Å². The van der Waals surface area contributed by atoms with Crippen LogP contribution in [0.25, 0.3) is 0 Å². The summed E-state index contributed by atoms with van der Waals surface area (Å²) in [6.07, 6.45) is 2.08. The molecule has 0 spiro atoms. The summed E-state index contributed by atoms with van der Waals surface area (Å²) in [5, 5.41) is 0. The molecule has 4 nitrogen and oxygen atoms in total. The van der Waals surface area contributed by atoms with Gasteiger partial charge in [-0.05, 0) is 12.1 Å². The van der Waals surface area contributed by atoms with Gasteiger partial charge in [-0.25, -0.2) is 4.79 Å². The van der Waals surface area contributed by atoms with E-state index in [9.17, 15) is 4.79 Å². The fourth-order valence-electron chi connectivity index (χ4n) is 1.88. The minimum absolute atomic E-state index is 0.449. The number of aliphatic imine (C=N–C) groups is 2. The molecule has 4 heteroatoms. The van der Waals surface area contributed by atoms with Crippen LogP contribution in [0.1, 0.15) is 11.3 Å². The highest BCUT2D eigenvalue weighted by molar-refractivity contribution is 6.53. The van der Waals surface area contributed by atoms with Crippen molar-refractivity contribution < 1.29 is 9.21 Å². The topological polar surface area (TPSA) is 54.9 Å². The summed E-state index contributed by atoms with van der Waals surface area (Å²) in [5.41, 5.74) is 2.19. The van der Waals surface area contributed by atoms with E-state index < -0.39 is 6.03 Å². The van der Waals surface area contributed by atoms with Gasteiger partial charge in [-0.3, -0.25) is 0 Å². The van der Waals surface area contributed by atoms with Gasteiger partial charge in [0.05, 0.1) is 24.1 Å². The molecule has 3 rings (SSSR count). The fraction of sp³-hybridized carbons (Fsp3) is 0.0714. The number of hydrogen-bond donors (Lipinski definition) is 0. The molecule has 0 radical (unpaired) electrons. The number of urea groups is 1. The Balaban J connectivity index is 1.92. The Morgan fingerprint density at radius 1 is 1.00 bits per heavy atom. The van der Waals surface area contributed by atoms with Gasteiger partial charge in [0, 0.05) is 5.56 Å². The third kappa shape index (κ3) is 2.00. The van der Waals surface area contributed by atoms with Crippen LogP contribution in [-0.2, 0) is 6.42 Å². The van der Waals surface area contributed by atoms with Gasteiger partial charge in [-0.1, -0.05) is 30.3 Å². The van der Waals surface area contributed by atoms with Gasteiger partial charge in [0.2, 0.25) is 0 Å². The maximum absolute atomic E-state index is 11.4. The Hall–Kier alpha value is -2.49. The first-order valence-corrected chi connectivity index (χ1v) is 5.61. The first kappa shape index (κ1) is 10.7. The van der Waals surface area contributed by atoms with Crippen LogP contribution in [0.4, 0.5) is 4.79 Å². The molecule has 1 aromatic carbocycles. The molecule has 2 aromatic rings. The van der Waals surface area contributed by atoms with Crippen molar-refractivity contribution in [1.82, 2.24) is 0 Å². The molecule has 88 valence electrons. The van der Waals surface area contributed by atoms with Crippen molar-refractivity contribution in [3.8, 4) is 0 Å². The first-order valence-electron chi connectivity index (χ1n) is 5.61. The largest absolute Gasteiger partial charge is 0.469 e. The van der Waals surface area contributed by atoms with Crippen LogP contribution >= 0.6 is 0 Å². The van der Waals surface area contributed by atoms with Crippen molar-refractivity contribution in [2.45, 2.75) is 6.42 Å². The highest BCUT2D eigenvalue weighted by atomic mass is 16.3. The highest BCUT2D eigenvalue weighted by Crippen LogP contribution is 2.13. The zero-order valence-corrected chi connectivity index (χ0v) is 9.54. The molecule has 2 amide bonds. The second kappa shape index (κ2) is 4.41. The van der Waals surface area contributed by atoms with Gasteiger partial charge in [-0.2, -0.15) is 9.98 Å². The van der Waals surface area contributed by atoms with Crippen LogP contribution in [0.2, 0.25) is 0 Å². The maximum atomic E-state index is 11.4. The van der Waals surface area contributed by atoms with Crippen LogP contribution in [0, 0.1) is 0 Å². The lowest BCUT2D eigenvalue weighted by molar-refractivity contribution is 0.257. The van der Waals surface area contributed by atoms with Crippen molar-refractivity contribution in [2.75, 3.05) is 0 Å². The minimum atomic E-state index is -0.449. The highest BCUT2D eigenvalue weighted by Gasteiger charge is 2.21. The fourth-order valence-corrected chi connectivity index (χ4v) is 1.88. The van der Waals surface area contributed by atoms with E-state index in [2.05, 4.69) is 9.98 Å². The van der Waals surface area contributed by atoms with Crippen molar-refractivity contribution >= 4 is 17.5 Å². The lowest BCUT2D eigenvalue weighted by atomic mass is 10.0. The van der Waals surface area contributed by atoms with Crippen LogP contribution < -0.4 is 0 Å². The molecule has 0 N–H and O–H groups in total. The van der Waals surface area contributed by atoms with Gasteiger partial charge < -0.3 is 4.42 Å². The molecular formula is C14H10N2O2. The predicted octanol–water partition coefficient (Wildman–Crippen LogP) is 2.89. The predicted molar refractivity (Wildman–Crippen MR) is 68.2 cm³/mol. The number of carbonyl (C=O) groups excluding carboxylic acids is 1. The van der Waals surface area contributed by atoms with Gasteiger partial charge >= 0.3 is 6.03 Å². The maximum Gasteiger partial charge on any atom is 0.367 e. The number of nitrogens with zero attached hydrogens (tertiary/aromatic N) is 2. The molecule has 1 aromatic heterocycles. The molecule has 0 fully saturated rings. The summed E-state index contributed by atoms with van der Waals surface area (Å²) in [6, 6.07) is 12.8. The molecule has 2 heterocycles. The number of benzene rings is 1. The lowest BCUT2D eigenvalue weighted by Crippen LogP contribution is -2.14. The van der Waals surface area contributed by atoms with E-state index in [1.54, 1.807) is 6.26 Å². The third-order valence-corrected chi connectivity index (χ3v) is 2.68. The van der Waals surface area contributed by atoms with Crippen molar-refractivity contribution in [1.29, 1.82) is 0 Å². The van der Waals surface area contributed by atoms with E-state index in [0.29, 0.717) is 17.8 Å². The van der Waals surface area contributed by atoms with Gasteiger partial charge in [0.15, 0.2) is 0 Å². The summed E-state index contributed by atoms with van der Waals surface area (Å²) < 4.78 is 5.27. The van der Waals surface area contributed by atoms with Crippen molar-refractivity contribution in [2.24, 2.45) is 9.98 Å². The van der Waals surface area contributed by atoms with Crippen molar-refractivity contribution in [3.05, 3.63) is 60.1 Å². The number of rotatable bonds is 3. The number of carbonyl (C=O) groups is 1. The van der Waals surface area contributed by atoms with Crippen molar-refractivity contribution in [3.63, 3.8) is 0 Å². The zero-order chi connectivity index (χ0) is 12.4. The van der Waals surface area contributed by atoms with E-state index >= 15 is 0 Å². The number of hydrogen-bond acceptors (Lipinski definition) is 2. The minimum Gasteiger partial charge on any atom is -0.469 e. The quantitative estimate of drug-likeness (QED) is 0.825. The van der Waals surface area contributed by atoms with Gasteiger partial charge in [-0.15, -0.1) is 0 Å². The average molecular weight is 238 g/mol. The molecule has 18 heavy (non-hydrogen) atoms.